The highest BCUT2D eigenvalue weighted by molar-refractivity contribution is 5.79. The van der Waals surface area contributed by atoms with Gasteiger partial charge in [0.25, 0.3) is 0 Å². The summed E-state index contributed by atoms with van der Waals surface area (Å²) in [6.45, 7) is 7.33. The first kappa shape index (κ1) is 20.7. The van der Waals surface area contributed by atoms with Crippen LogP contribution in [-0.2, 0) is 4.74 Å². The zero-order chi connectivity index (χ0) is 18.6. The highest BCUT2D eigenvalue weighted by Crippen LogP contribution is 2.16. The van der Waals surface area contributed by atoms with Gasteiger partial charge in [-0.3, -0.25) is 9.89 Å². The number of nitrogens with zero attached hydrogens (tertiary/aromatic N) is 2. The average molecular weight is 363 g/mol. The lowest BCUT2D eigenvalue weighted by atomic mass is 10.0. The van der Waals surface area contributed by atoms with E-state index in [0.717, 1.165) is 44.3 Å². The highest BCUT2D eigenvalue weighted by Gasteiger charge is 2.24. The number of benzene rings is 1. The van der Waals surface area contributed by atoms with Crippen LogP contribution in [0.5, 0.6) is 0 Å². The third kappa shape index (κ3) is 6.59. The van der Waals surface area contributed by atoms with Crippen molar-refractivity contribution in [3.05, 3.63) is 35.9 Å². The number of nitrogens with one attached hydrogen (secondary N) is 2. The van der Waals surface area contributed by atoms with E-state index in [9.17, 15) is 5.11 Å². The number of hydrogen-bond acceptors (Lipinski definition) is 4. The van der Waals surface area contributed by atoms with Crippen molar-refractivity contribution in [1.82, 2.24) is 15.5 Å². The Bertz CT molecular complexity index is 524. The number of aliphatic hydroxyl groups is 1. The summed E-state index contributed by atoms with van der Waals surface area (Å²) in [5.41, 5.74) is 1.12. The van der Waals surface area contributed by atoms with E-state index in [4.69, 9.17) is 9.73 Å². The lowest BCUT2D eigenvalue weighted by Gasteiger charge is -2.25. The number of aliphatic imine (C=N–C) groups is 1. The Hall–Kier alpha value is -1.63. The van der Waals surface area contributed by atoms with Gasteiger partial charge in [0.05, 0.1) is 19.8 Å². The molecule has 0 spiro atoms. The Labute approximate surface area is 157 Å². The minimum absolute atomic E-state index is 0.0244. The van der Waals surface area contributed by atoms with Gasteiger partial charge in [0.1, 0.15) is 0 Å². The van der Waals surface area contributed by atoms with Crippen LogP contribution in [0.15, 0.2) is 35.3 Å². The minimum Gasteiger partial charge on any atom is -0.396 e. The first-order chi connectivity index (χ1) is 12.8. The SMILES string of the molecule is CCNC(=NCC(CO)c1ccccc1)NCC1CCCN1CCOC. The van der Waals surface area contributed by atoms with E-state index in [1.54, 1.807) is 7.11 Å². The molecule has 0 bridgehead atoms. The average Bonchev–Trinajstić information content (AvgIpc) is 3.13. The molecular weight excluding hydrogens is 328 g/mol. The Balaban J connectivity index is 1.89. The maximum Gasteiger partial charge on any atom is 0.191 e. The van der Waals surface area contributed by atoms with Gasteiger partial charge in [-0.05, 0) is 31.9 Å². The summed E-state index contributed by atoms with van der Waals surface area (Å²) in [5.74, 6) is 0.844. The second-order valence-corrected chi connectivity index (χ2v) is 6.72. The smallest absolute Gasteiger partial charge is 0.191 e. The summed E-state index contributed by atoms with van der Waals surface area (Å²) in [6.07, 6.45) is 2.45. The number of ether oxygens (including phenoxy) is 1. The summed E-state index contributed by atoms with van der Waals surface area (Å²) >= 11 is 0. The molecule has 26 heavy (non-hydrogen) atoms. The molecule has 2 atom stereocenters. The fourth-order valence-electron chi connectivity index (χ4n) is 3.38. The molecule has 0 aromatic heterocycles. The zero-order valence-electron chi connectivity index (χ0n) is 16.2. The summed E-state index contributed by atoms with van der Waals surface area (Å²) in [5, 5.41) is 16.5. The number of likely N-dealkylation sites (tertiary alicyclic amines) is 1. The second-order valence-electron chi connectivity index (χ2n) is 6.72. The molecule has 2 rings (SSSR count). The fourth-order valence-corrected chi connectivity index (χ4v) is 3.38. The third-order valence-corrected chi connectivity index (χ3v) is 4.89. The Morgan fingerprint density at radius 2 is 2.15 bits per heavy atom. The molecule has 1 aliphatic rings. The Kier molecular flexibility index (Phi) is 9.45. The van der Waals surface area contributed by atoms with E-state index in [1.807, 2.05) is 30.3 Å². The van der Waals surface area contributed by atoms with Gasteiger partial charge in [0.15, 0.2) is 5.96 Å². The normalized spacial score (nSPS) is 19.5. The molecule has 0 radical (unpaired) electrons. The monoisotopic (exact) mass is 362 g/mol. The molecule has 1 aromatic carbocycles. The van der Waals surface area contributed by atoms with Crippen LogP contribution >= 0.6 is 0 Å². The van der Waals surface area contributed by atoms with Crippen LogP contribution in [0.4, 0.5) is 0 Å². The van der Waals surface area contributed by atoms with Crippen LogP contribution in [0, 0.1) is 0 Å². The number of rotatable bonds is 10. The molecule has 1 heterocycles. The number of hydrogen-bond donors (Lipinski definition) is 3. The number of aliphatic hydroxyl groups excluding tert-OH is 1. The van der Waals surface area contributed by atoms with Crippen LogP contribution in [0.1, 0.15) is 31.2 Å². The maximum atomic E-state index is 9.71. The molecule has 1 fully saturated rings. The summed E-state index contributed by atoms with van der Waals surface area (Å²) in [6, 6.07) is 10.6. The van der Waals surface area contributed by atoms with Gasteiger partial charge in [0.2, 0.25) is 0 Å². The van der Waals surface area contributed by atoms with Gasteiger partial charge in [-0.2, -0.15) is 0 Å². The highest BCUT2D eigenvalue weighted by atomic mass is 16.5. The van der Waals surface area contributed by atoms with Gasteiger partial charge < -0.3 is 20.5 Å². The lowest BCUT2D eigenvalue weighted by Crippen LogP contribution is -2.45. The first-order valence-corrected chi connectivity index (χ1v) is 9.69. The van der Waals surface area contributed by atoms with Gasteiger partial charge in [-0.25, -0.2) is 0 Å². The molecule has 6 nitrogen and oxygen atoms in total. The predicted molar refractivity (Wildman–Crippen MR) is 107 cm³/mol. The predicted octanol–water partition coefficient (Wildman–Crippen LogP) is 1.43. The standard InChI is InChI=1S/C20H34N4O2/c1-3-21-20(22-14-18(16-25)17-8-5-4-6-9-17)23-15-19-10-7-11-24(19)12-13-26-2/h4-6,8-9,18-19,25H,3,7,10-16H2,1-2H3,(H2,21,22,23). The summed E-state index contributed by atoms with van der Waals surface area (Å²) < 4.78 is 5.21. The Morgan fingerprint density at radius 3 is 2.85 bits per heavy atom. The van der Waals surface area contributed by atoms with E-state index in [1.165, 1.54) is 12.8 Å². The quantitative estimate of drug-likeness (QED) is 0.434. The zero-order valence-corrected chi connectivity index (χ0v) is 16.2. The van der Waals surface area contributed by atoms with Crippen LogP contribution < -0.4 is 10.6 Å². The van der Waals surface area contributed by atoms with Gasteiger partial charge in [-0.1, -0.05) is 30.3 Å². The van der Waals surface area contributed by atoms with E-state index >= 15 is 0 Å². The summed E-state index contributed by atoms with van der Waals surface area (Å²) in [4.78, 5) is 7.19. The van der Waals surface area contributed by atoms with E-state index < -0.39 is 0 Å². The molecule has 3 N–H and O–H groups in total. The molecule has 0 amide bonds. The molecule has 1 saturated heterocycles. The third-order valence-electron chi connectivity index (χ3n) is 4.89. The van der Waals surface area contributed by atoms with Crippen LogP contribution in [0.3, 0.4) is 0 Å². The van der Waals surface area contributed by atoms with Gasteiger partial charge in [-0.15, -0.1) is 0 Å². The number of methoxy groups -OCH3 is 1. The van der Waals surface area contributed by atoms with Crippen molar-refractivity contribution in [3.63, 3.8) is 0 Å². The van der Waals surface area contributed by atoms with Crippen molar-refractivity contribution >= 4 is 5.96 Å². The van der Waals surface area contributed by atoms with E-state index in [2.05, 4.69) is 22.5 Å². The van der Waals surface area contributed by atoms with Crippen molar-refractivity contribution in [3.8, 4) is 0 Å². The van der Waals surface area contributed by atoms with Crippen molar-refractivity contribution < 1.29 is 9.84 Å². The second kappa shape index (κ2) is 11.9. The first-order valence-electron chi connectivity index (χ1n) is 9.69. The molecule has 6 heteroatoms. The van der Waals surface area contributed by atoms with Crippen molar-refractivity contribution in [2.75, 3.05) is 53.0 Å². The molecular formula is C20H34N4O2. The summed E-state index contributed by atoms with van der Waals surface area (Å²) in [7, 11) is 1.75. The van der Waals surface area contributed by atoms with Gasteiger partial charge in [0, 0.05) is 38.7 Å². The molecule has 0 aliphatic carbocycles. The molecule has 2 unspecified atom stereocenters. The topological polar surface area (TPSA) is 69.1 Å². The molecule has 0 saturated carbocycles. The maximum absolute atomic E-state index is 9.71. The number of guanidine groups is 1. The Morgan fingerprint density at radius 1 is 1.35 bits per heavy atom. The van der Waals surface area contributed by atoms with Crippen LogP contribution in [-0.4, -0.2) is 75.1 Å². The van der Waals surface area contributed by atoms with Crippen molar-refractivity contribution in [2.45, 2.75) is 31.7 Å². The van der Waals surface area contributed by atoms with Crippen molar-refractivity contribution in [1.29, 1.82) is 0 Å². The molecule has 1 aromatic rings. The molecule has 1 aliphatic heterocycles. The van der Waals surface area contributed by atoms with E-state index in [0.29, 0.717) is 12.6 Å². The minimum atomic E-state index is 0.0244. The van der Waals surface area contributed by atoms with Crippen LogP contribution in [0.2, 0.25) is 0 Å². The van der Waals surface area contributed by atoms with E-state index in [-0.39, 0.29) is 12.5 Å². The van der Waals surface area contributed by atoms with Crippen molar-refractivity contribution in [2.24, 2.45) is 4.99 Å². The lowest BCUT2D eigenvalue weighted by molar-refractivity contribution is 0.141. The van der Waals surface area contributed by atoms with Crippen LogP contribution in [0.25, 0.3) is 0 Å². The molecule has 146 valence electrons. The van der Waals surface area contributed by atoms with Gasteiger partial charge >= 0.3 is 0 Å². The largest absolute Gasteiger partial charge is 0.396 e. The fraction of sp³-hybridized carbons (Fsp3) is 0.650.